The molecule has 0 amide bonds. The molecule has 0 heterocycles. The molecule has 0 aliphatic heterocycles. The van der Waals surface area contributed by atoms with Crippen LogP contribution in [0, 0.1) is 0 Å². The van der Waals surface area contributed by atoms with Crippen LogP contribution in [-0.2, 0) is 25.3 Å². The molecular weight excluding hydrogens is 208 g/mol. The van der Waals surface area contributed by atoms with Gasteiger partial charge in [0.25, 0.3) is 0 Å². The molecule has 0 aromatic rings. The molecule has 0 spiro atoms. The van der Waals surface area contributed by atoms with Gasteiger partial charge in [0, 0.05) is 0 Å². The third-order valence-corrected chi connectivity index (χ3v) is 2.72. The second-order valence-corrected chi connectivity index (χ2v) is 4.24. The number of hydrogen-bond acceptors (Lipinski definition) is 3. The van der Waals surface area contributed by atoms with Crippen LogP contribution in [0.2, 0.25) is 0 Å². The summed E-state index contributed by atoms with van der Waals surface area (Å²) in [5.41, 5.74) is 0. The standard InChI is InChI=1S/C8H17O2.H2O.O.Ti/c1-3-5-6-8(10)7(9)4-2;;;/h7-8,10H,3-6H2,1-2H3;1H2;;/q-1;;;+2/p-1. The molecular formula is C8H18O4Ti. The van der Waals surface area contributed by atoms with Crippen LogP contribution in [0.25, 0.3) is 0 Å². The quantitative estimate of drug-likeness (QED) is 0.638. The van der Waals surface area contributed by atoms with Gasteiger partial charge in [-0.25, -0.2) is 0 Å². The predicted molar refractivity (Wildman–Crippen MR) is 43.6 cm³/mol. The SMILES string of the molecule is CCCCC(O)C(CC)[O][Ti](=[O])[OH]. The van der Waals surface area contributed by atoms with Crippen molar-refractivity contribution < 1.29 is 34.1 Å². The van der Waals surface area contributed by atoms with Crippen LogP contribution >= 0.6 is 0 Å². The molecule has 4 nitrogen and oxygen atoms in total. The van der Waals surface area contributed by atoms with Gasteiger partial charge in [-0.2, -0.15) is 0 Å². The van der Waals surface area contributed by atoms with E-state index >= 15 is 0 Å². The van der Waals surface area contributed by atoms with Gasteiger partial charge >= 0.3 is 85.8 Å². The average molecular weight is 226 g/mol. The number of hydrogen-bond donors (Lipinski definition) is 2. The molecule has 13 heavy (non-hydrogen) atoms. The van der Waals surface area contributed by atoms with E-state index < -0.39 is 30.8 Å². The Morgan fingerprint density at radius 3 is 2.46 bits per heavy atom. The van der Waals surface area contributed by atoms with Crippen LogP contribution in [0.3, 0.4) is 0 Å². The Labute approximate surface area is 86.0 Å². The van der Waals surface area contributed by atoms with Crippen molar-refractivity contribution in [3.63, 3.8) is 0 Å². The minimum atomic E-state index is -3.49. The van der Waals surface area contributed by atoms with Gasteiger partial charge in [0.15, 0.2) is 0 Å². The van der Waals surface area contributed by atoms with E-state index in [-0.39, 0.29) is 0 Å². The summed E-state index contributed by atoms with van der Waals surface area (Å²) in [5.74, 6) is 0. The molecule has 0 aromatic carbocycles. The molecule has 2 N–H and O–H groups in total. The third-order valence-electron chi connectivity index (χ3n) is 1.94. The fraction of sp³-hybridized carbons (Fsp3) is 1.00. The summed E-state index contributed by atoms with van der Waals surface area (Å²) in [6.45, 7) is 3.87. The molecule has 0 aliphatic carbocycles. The monoisotopic (exact) mass is 226 g/mol. The molecule has 0 fully saturated rings. The average Bonchev–Trinajstić information content (AvgIpc) is 2.09. The summed E-state index contributed by atoms with van der Waals surface area (Å²) in [5, 5.41) is 9.54. The van der Waals surface area contributed by atoms with Crippen molar-refractivity contribution in [2.45, 2.75) is 51.7 Å². The Morgan fingerprint density at radius 2 is 2.08 bits per heavy atom. The first-order valence-electron chi connectivity index (χ1n) is 4.69. The number of aliphatic hydroxyl groups is 1. The van der Waals surface area contributed by atoms with E-state index in [1.807, 2.05) is 13.8 Å². The minimum absolute atomic E-state index is 0.468. The summed E-state index contributed by atoms with van der Waals surface area (Å²) in [7, 11) is 0. The first-order chi connectivity index (χ1) is 6.11. The van der Waals surface area contributed by atoms with Crippen LogP contribution in [0.1, 0.15) is 39.5 Å². The van der Waals surface area contributed by atoms with Gasteiger partial charge in [0.1, 0.15) is 0 Å². The van der Waals surface area contributed by atoms with Crippen molar-refractivity contribution >= 4 is 0 Å². The first-order valence-corrected chi connectivity index (χ1v) is 6.66. The van der Waals surface area contributed by atoms with E-state index in [1.54, 1.807) is 0 Å². The van der Waals surface area contributed by atoms with Crippen LogP contribution in [0.15, 0.2) is 0 Å². The van der Waals surface area contributed by atoms with Crippen molar-refractivity contribution in [1.29, 1.82) is 0 Å². The van der Waals surface area contributed by atoms with Gasteiger partial charge in [0.2, 0.25) is 0 Å². The molecule has 0 rings (SSSR count). The van der Waals surface area contributed by atoms with Gasteiger partial charge < -0.3 is 0 Å². The van der Waals surface area contributed by atoms with Gasteiger partial charge in [-0.15, -0.1) is 0 Å². The van der Waals surface area contributed by atoms with Gasteiger partial charge in [-0.05, 0) is 0 Å². The summed E-state index contributed by atoms with van der Waals surface area (Å²) < 4.78 is 23.8. The topological polar surface area (TPSA) is 66.8 Å². The molecule has 0 aromatic heterocycles. The van der Waals surface area contributed by atoms with E-state index in [9.17, 15) is 8.43 Å². The van der Waals surface area contributed by atoms with E-state index in [1.165, 1.54) is 0 Å². The summed E-state index contributed by atoms with van der Waals surface area (Å²) in [6.07, 6.45) is 2.07. The molecule has 78 valence electrons. The van der Waals surface area contributed by atoms with E-state index in [0.29, 0.717) is 12.8 Å². The van der Waals surface area contributed by atoms with Crippen molar-refractivity contribution in [3.05, 3.63) is 0 Å². The van der Waals surface area contributed by atoms with Crippen LogP contribution < -0.4 is 0 Å². The van der Waals surface area contributed by atoms with E-state index in [4.69, 9.17) is 7.01 Å². The fourth-order valence-electron chi connectivity index (χ4n) is 1.16. The second kappa shape index (κ2) is 7.77. The second-order valence-electron chi connectivity index (χ2n) is 3.04. The summed E-state index contributed by atoms with van der Waals surface area (Å²) >= 11 is -3.49. The van der Waals surface area contributed by atoms with Crippen molar-refractivity contribution in [2.24, 2.45) is 0 Å². The molecule has 0 saturated heterocycles. The Bertz CT molecular complexity index is 151. The maximum atomic E-state index is 10.5. The summed E-state index contributed by atoms with van der Waals surface area (Å²) in [6, 6.07) is 0. The van der Waals surface area contributed by atoms with Crippen LogP contribution in [0.4, 0.5) is 0 Å². The Kier molecular flexibility index (Phi) is 8.00. The predicted octanol–water partition coefficient (Wildman–Crippen LogP) is 1.12. The van der Waals surface area contributed by atoms with Crippen molar-refractivity contribution in [3.8, 4) is 0 Å². The van der Waals surface area contributed by atoms with Crippen LogP contribution in [-0.4, -0.2) is 21.0 Å². The molecule has 0 saturated carbocycles. The molecule has 0 aliphatic rings. The number of unbranched alkanes of at least 4 members (excludes halogenated alkanes) is 1. The fourth-order valence-corrected chi connectivity index (χ4v) is 2.07. The summed E-state index contributed by atoms with van der Waals surface area (Å²) in [4.78, 5) is 0. The van der Waals surface area contributed by atoms with Gasteiger partial charge in [-0.3, -0.25) is 0 Å². The zero-order valence-electron chi connectivity index (χ0n) is 8.19. The zero-order chi connectivity index (χ0) is 10.3. The molecule has 0 radical (unpaired) electrons. The molecule has 0 bridgehead atoms. The number of rotatable bonds is 7. The molecule has 5 heteroatoms. The number of aliphatic hydroxyl groups excluding tert-OH is 1. The van der Waals surface area contributed by atoms with Crippen molar-refractivity contribution in [2.75, 3.05) is 0 Å². The Hall–Kier alpha value is 0.394. The maximum absolute atomic E-state index is 10.5. The van der Waals surface area contributed by atoms with Crippen molar-refractivity contribution in [1.82, 2.24) is 0 Å². The Balaban J connectivity index is 3.84. The van der Waals surface area contributed by atoms with Gasteiger partial charge in [0.05, 0.1) is 0 Å². The molecule has 2 atom stereocenters. The van der Waals surface area contributed by atoms with E-state index in [2.05, 4.69) is 0 Å². The first kappa shape index (κ1) is 13.4. The van der Waals surface area contributed by atoms with Gasteiger partial charge in [-0.1, -0.05) is 0 Å². The van der Waals surface area contributed by atoms with Crippen LogP contribution in [0.5, 0.6) is 0 Å². The zero-order valence-corrected chi connectivity index (χ0v) is 9.76. The Morgan fingerprint density at radius 1 is 1.46 bits per heavy atom. The van der Waals surface area contributed by atoms with E-state index in [0.717, 1.165) is 12.8 Å². The molecule has 2 unspecified atom stereocenters. The third kappa shape index (κ3) is 6.46. The normalized spacial score (nSPS) is 15.4.